The lowest BCUT2D eigenvalue weighted by atomic mass is 9.99. The number of hydrogen-bond acceptors (Lipinski definition) is 12. The van der Waals surface area contributed by atoms with Crippen molar-refractivity contribution >= 4 is 28.8 Å². The van der Waals surface area contributed by atoms with Crippen LogP contribution >= 0.6 is 0 Å². The molecular weight excluding hydrogens is 662 g/mol. The molecule has 1 saturated heterocycles. The van der Waals surface area contributed by atoms with Crippen LogP contribution in [0.3, 0.4) is 0 Å². The maximum atomic E-state index is 13.0. The predicted octanol–water partition coefficient (Wildman–Crippen LogP) is 4.79. The molecule has 1 atom stereocenters. The minimum absolute atomic E-state index is 0.328. The molecule has 5 aromatic rings. The molecule has 16 heteroatoms. The highest BCUT2D eigenvalue weighted by atomic mass is 16.5. The van der Waals surface area contributed by atoms with Crippen molar-refractivity contribution < 1.29 is 14.3 Å². The van der Waals surface area contributed by atoms with Crippen molar-refractivity contribution in [3.63, 3.8) is 0 Å². The van der Waals surface area contributed by atoms with E-state index < -0.39 is 11.6 Å². The third-order valence-corrected chi connectivity index (χ3v) is 8.79. The van der Waals surface area contributed by atoms with E-state index in [0.717, 1.165) is 55.8 Å². The van der Waals surface area contributed by atoms with Crippen LogP contribution in [-0.2, 0) is 26.1 Å². The number of methoxy groups -OCH3 is 2. The number of unbranched alkanes of at least 4 members (excludes halogenated alkanes) is 1. The first-order valence-electron chi connectivity index (χ1n) is 17.7. The summed E-state index contributed by atoms with van der Waals surface area (Å²) in [5.74, 6) is 2.55. The molecule has 2 amide bonds. The van der Waals surface area contributed by atoms with Gasteiger partial charge in [-0.3, -0.25) is 14.7 Å². The smallest absolute Gasteiger partial charge is 0.320 e. The van der Waals surface area contributed by atoms with Gasteiger partial charge in [-0.25, -0.2) is 14.8 Å². The van der Waals surface area contributed by atoms with Crippen LogP contribution in [0.25, 0.3) is 22.2 Å². The van der Waals surface area contributed by atoms with Crippen LogP contribution in [0.15, 0.2) is 42.9 Å². The van der Waals surface area contributed by atoms with E-state index in [9.17, 15) is 4.79 Å². The standard InChI is InChI=1S/C36H49N13O3/c1-36(2,3)42-35(50)41-33-31(25-14-29(51-5)17-30(15-25)52-6)16-26-18-37-34(40-32(26)39-33)38-19-28-23-48(45-44-28)13-8-7-11-27-22-49(46-43-27)21-24-10-9-12-47(4)20-24/h14-18,22-24H,7-13,19-21H2,1-6H3,(H3,37,38,39,40,41,42,50). The number of anilines is 2. The van der Waals surface area contributed by atoms with Crippen LogP contribution in [0.4, 0.5) is 16.6 Å². The van der Waals surface area contributed by atoms with Gasteiger partial charge in [0.2, 0.25) is 5.95 Å². The zero-order valence-corrected chi connectivity index (χ0v) is 30.9. The number of piperidine rings is 1. The van der Waals surface area contributed by atoms with Crippen molar-refractivity contribution in [3.05, 3.63) is 54.2 Å². The SMILES string of the molecule is COc1cc(OC)cc(-c2cc3cnc(NCc4cn(CCCCc5cn(CC6CCCN(C)C6)nn5)nn4)nc3nc2NC(=O)NC(C)(C)C)c1. The Balaban J connectivity index is 1.06. The highest BCUT2D eigenvalue weighted by molar-refractivity contribution is 5.96. The van der Waals surface area contributed by atoms with Gasteiger partial charge in [0.05, 0.1) is 32.7 Å². The van der Waals surface area contributed by atoms with Gasteiger partial charge in [0.15, 0.2) is 5.65 Å². The van der Waals surface area contributed by atoms with Crippen LogP contribution in [0, 0.1) is 5.92 Å². The number of fused-ring (bicyclic) bond motifs is 1. The monoisotopic (exact) mass is 711 g/mol. The molecule has 0 aliphatic carbocycles. The van der Waals surface area contributed by atoms with E-state index in [2.05, 4.69) is 64.7 Å². The first-order chi connectivity index (χ1) is 25.0. The molecule has 1 aliphatic rings. The Morgan fingerprint density at radius 2 is 1.71 bits per heavy atom. The summed E-state index contributed by atoms with van der Waals surface area (Å²) in [4.78, 5) is 29.3. The molecule has 276 valence electrons. The van der Waals surface area contributed by atoms with Crippen LogP contribution in [0.2, 0.25) is 0 Å². The number of pyridine rings is 1. The van der Waals surface area contributed by atoms with Gasteiger partial charge in [-0.05, 0) is 96.1 Å². The molecular formula is C36H49N13O3. The molecule has 3 N–H and O–H groups in total. The van der Waals surface area contributed by atoms with E-state index in [-0.39, 0.29) is 0 Å². The third-order valence-electron chi connectivity index (χ3n) is 8.79. The van der Waals surface area contributed by atoms with Gasteiger partial charge in [-0.2, -0.15) is 4.98 Å². The first-order valence-corrected chi connectivity index (χ1v) is 17.7. The minimum atomic E-state index is -0.449. The summed E-state index contributed by atoms with van der Waals surface area (Å²) >= 11 is 0. The summed E-state index contributed by atoms with van der Waals surface area (Å²) in [6.07, 6.45) is 11.0. The maximum absolute atomic E-state index is 13.0. The molecule has 1 fully saturated rings. The minimum Gasteiger partial charge on any atom is -0.497 e. The molecule has 1 unspecified atom stereocenters. The first kappa shape index (κ1) is 36.4. The van der Waals surface area contributed by atoms with Crippen LogP contribution in [0.1, 0.15) is 57.8 Å². The molecule has 5 heterocycles. The Hall–Kier alpha value is -5.38. The van der Waals surface area contributed by atoms with E-state index in [1.165, 1.54) is 19.4 Å². The van der Waals surface area contributed by atoms with Gasteiger partial charge in [0, 0.05) is 54.6 Å². The number of hydrogen-bond donors (Lipinski definition) is 3. The summed E-state index contributed by atoms with van der Waals surface area (Å²) in [7, 11) is 5.36. The zero-order valence-electron chi connectivity index (χ0n) is 30.9. The van der Waals surface area contributed by atoms with Crippen molar-refractivity contribution in [3.8, 4) is 22.6 Å². The number of nitrogens with zero attached hydrogens (tertiary/aromatic N) is 10. The second-order valence-corrected chi connectivity index (χ2v) is 14.4. The number of amides is 2. The third kappa shape index (κ3) is 9.90. The van der Waals surface area contributed by atoms with E-state index in [1.54, 1.807) is 26.5 Å². The summed E-state index contributed by atoms with van der Waals surface area (Å²) < 4.78 is 14.8. The fraction of sp³-hybridized carbons (Fsp3) is 0.500. The molecule has 1 aliphatic heterocycles. The second kappa shape index (κ2) is 16.3. The molecule has 1 aromatic carbocycles. The normalized spacial score (nSPS) is 15.1. The van der Waals surface area contributed by atoms with Gasteiger partial charge in [-0.1, -0.05) is 10.4 Å². The maximum Gasteiger partial charge on any atom is 0.320 e. The zero-order chi connectivity index (χ0) is 36.7. The number of rotatable bonds is 14. The number of ether oxygens (including phenoxy) is 2. The number of benzene rings is 1. The van der Waals surface area contributed by atoms with Crippen molar-refractivity contribution in [1.29, 1.82) is 0 Å². The van der Waals surface area contributed by atoms with Crippen LogP contribution < -0.4 is 25.4 Å². The summed E-state index contributed by atoms with van der Waals surface area (Å²) in [5.41, 5.74) is 3.15. The largest absolute Gasteiger partial charge is 0.497 e. The molecule has 6 rings (SSSR count). The number of aryl methyl sites for hydroxylation is 2. The number of aromatic nitrogens is 9. The quantitative estimate of drug-likeness (QED) is 0.135. The molecule has 4 aromatic heterocycles. The van der Waals surface area contributed by atoms with E-state index in [1.807, 2.05) is 54.5 Å². The molecule has 0 bridgehead atoms. The van der Waals surface area contributed by atoms with Crippen molar-refractivity contribution in [2.24, 2.45) is 5.92 Å². The second-order valence-electron chi connectivity index (χ2n) is 14.4. The molecule has 16 nitrogen and oxygen atoms in total. The summed E-state index contributed by atoms with van der Waals surface area (Å²) in [5, 5.41) is 27.1. The Kier molecular flexibility index (Phi) is 11.4. The van der Waals surface area contributed by atoms with Gasteiger partial charge < -0.3 is 25.0 Å². The molecule has 0 radical (unpaired) electrons. The number of carbonyl (C=O) groups is 1. The Morgan fingerprint density at radius 1 is 0.962 bits per heavy atom. The number of likely N-dealkylation sites (tertiary alicyclic amines) is 1. The topological polar surface area (TPSA) is 175 Å². The lowest BCUT2D eigenvalue weighted by Crippen LogP contribution is -2.43. The molecule has 0 spiro atoms. The number of urea groups is 1. The van der Waals surface area contributed by atoms with Crippen LogP contribution in [-0.4, -0.2) is 95.8 Å². The van der Waals surface area contributed by atoms with E-state index in [4.69, 9.17) is 14.5 Å². The van der Waals surface area contributed by atoms with E-state index in [0.29, 0.717) is 52.3 Å². The summed E-state index contributed by atoms with van der Waals surface area (Å²) in [6.45, 7) is 10.1. The van der Waals surface area contributed by atoms with Crippen molar-refractivity contribution in [2.45, 2.75) is 78.0 Å². The van der Waals surface area contributed by atoms with Gasteiger partial charge in [0.25, 0.3) is 0 Å². The van der Waals surface area contributed by atoms with Gasteiger partial charge >= 0.3 is 6.03 Å². The van der Waals surface area contributed by atoms with Crippen molar-refractivity contribution in [2.75, 3.05) is 45.0 Å². The van der Waals surface area contributed by atoms with Gasteiger partial charge in [0.1, 0.15) is 23.0 Å². The Labute approximate surface area is 303 Å². The molecule has 52 heavy (non-hydrogen) atoms. The van der Waals surface area contributed by atoms with Gasteiger partial charge in [-0.15, -0.1) is 10.2 Å². The number of carbonyl (C=O) groups excluding carboxylic acids is 1. The fourth-order valence-electron chi connectivity index (χ4n) is 6.31. The lowest BCUT2D eigenvalue weighted by Gasteiger charge is -2.29. The highest BCUT2D eigenvalue weighted by Crippen LogP contribution is 2.35. The molecule has 0 saturated carbocycles. The van der Waals surface area contributed by atoms with E-state index >= 15 is 0 Å². The number of nitrogens with one attached hydrogen (secondary N) is 3. The Morgan fingerprint density at radius 3 is 2.46 bits per heavy atom. The average Bonchev–Trinajstić information content (AvgIpc) is 3.77. The Bertz CT molecular complexity index is 1950. The van der Waals surface area contributed by atoms with Crippen molar-refractivity contribution in [1.82, 2.24) is 55.2 Å². The fourth-order valence-corrected chi connectivity index (χ4v) is 6.31. The van der Waals surface area contributed by atoms with Crippen LogP contribution in [0.5, 0.6) is 11.5 Å². The summed E-state index contributed by atoms with van der Waals surface area (Å²) in [6, 6.07) is 6.98. The average molecular weight is 712 g/mol. The lowest BCUT2D eigenvalue weighted by molar-refractivity contribution is 0.190. The highest BCUT2D eigenvalue weighted by Gasteiger charge is 2.20. The predicted molar refractivity (Wildman–Crippen MR) is 198 cm³/mol.